The number of hydrogen-bond acceptors (Lipinski definition) is 7. The lowest BCUT2D eigenvalue weighted by molar-refractivity contribution is -0.144. The Kier molecular flexibility index (Phi) is 14.2. The molecule has 0 radical (unpaired) electrons. The lowest BCUT2D eigenvalue weighted by Gasteiger charge is -2.41. The van der Waals surface area contributed by atoms with Gasteiger partial charge in [0.25, 0.3) is 0 Å². The van der Waals surface area contributed by atoms with Gasteiger partial charge in [0.05, 0.1) is 47.8 Å². The van der Waals surface area contributed by atoms with Crippen LogP contribution >= 0.6 is 7.60 Å². The molecule has 2 fully saturated rings. The molecule has 0 unspecified atom stereocenters. The van der Waals surface area contributed by atoms with Crippen LogP contribution in [0, 0.1) is 29.6 Å². The number of ether oxygens (including phenoxy) is 1. The fourth-order valence-electron chi connectivity index (χ4n) is 7.90. The zero-order chi connectivity index (χ0) is 41.5. The molecule has 14 heteroatoms. The number of fused-ring (bicyclic) bond motifs is 1. The first-order valence-corrected chi connectivity index (χ1v) is 20.7. The second-order valence-electron chi connectivity index (χ2n) is 14.3. The Labute approximate surface area is 329 Å². The highest BCUT2D eigenvalue weighted by molar-refractivity contribution is 7.53. The molecule has 2 aliphatic rings. The van der Waals surface area contributed by atoms with Gasteiger partial charge in [-0.15, -0.1) is 0 Å². The zero-order valence-electron chi connectivity index (χ0n) is 32.4. The monoisotopic (exact) mass is 816 g/mol. The number of esters is 1. The van der Waals surface area contributed by atoms with E-state index < -0.39 is 31.1 Å². The Morgan fingerprint density at radius 2 is 1.35 bits per heavy atom. The fourth-order valence-corrected chi connectivity index (χ4v) is 9.53. The minimum absolute atomic E-state index is 0.0115. The SMILES string of the molecule is CCOP(=O)(Cc1ccc(-c2cccc(C(F)(F)F)c2)cn1)OCC.CC[C@H]1[C@H](/C=C/c2ccc(-c3cccc(C(F)(F)F)c3)cn2)[C@@H]2[C@@H](C)OC(=O)[C@@H]2C[C@@H]1C. The number of nitrogens with zero attached hydrogens (tertiary/aromatic N) is 2. The number of halogens is 6. The number of carbonyl (C=O) groups is 1. The van der Waals surface area contributed by atoms with Crippen LogP contribution in [-0.2, 0) is 41.7 Å². The van der Waals surface area contributed by atoms with Crippen molar-refractivity contribution in [2.24, 2.45) is 29.6 Å². The molecule has 4 aromatic rings. The van der Waals surface area contributed by atoms with Crippen molar-refractivity contribution < 1.29 is 49.5 Å². The van der Waals surface area contributed by atoms with Gasteiger partial charge in [-0.2, -0.15) is 26.3 Å². The maximum Gasteiger partial charge on any atom is 0.416 e. The number of carbonyl (C=O) groups excluding carboxylic acids is 1. The number of aromatic nitrogens is 2. The summed E-state index contributed by atoms with van der Waals surface area (Å²) >= 11 is 0. The Hall–Kier alpha value is -4.32. The third-order valence-corrected chi connectivity index (χ3v) is 12.5. The van der Waals surface area contributed by atoms with Crippen molar-refractivity contribution >= 4 is 19.6 Å². The van der Waals surface area contributed by atoms with E-state index in [2.05, 4.69) is 29.9 Å². The summed E-state index contributed by atoms with van der Waals surface area (Å²) in [7, 11) is -3.27. The Morgan fingerprint density at radius 1 is 0.789 bits per heavy atom. The van der Waals surface area contributed by atoms with Crippen LogP contribution in [0.2, 0.25) is 0 Å². The van der Waals surface area contributed by atoms with Crippen LogP contribution in [0.3, 0.4) is 0 Å². The molecule has 7 nitrogen and oxygen atoms in total. The van der Waals surface area contributed by atoms with Gasteiger partial charge in [0.1, 0.15) is 6.10 Å². The van der Waals surface area contributed by atoms with Crippen molar-refractivity contribution in [2.45, 2.75) is 72.1 Å². The van der Waals surface area contributed by atoms with Crippen LogP contribution in [0.5, 0.6) is 0 Å². The second-order valence-corrected chi connectivity index (χ2v) is 16.4. The molecule has 2 aromatic carbocycles. The van der Waals surface area contributed by atoms with Crippen LogP contribution in [0.15, 0.2) is 91.3 Å². The number of allylic oxidation sites excluding steroid dienone is 1. The van der Waals surface area contributed by atoms with Crippen LogP contribution in [0.25, 0.3) is 28.3 Å². The second kappa shape index (κ2) is 18.5. The molecule has 2 aromatic heterocycles. The molecule has 0 bridgehead atoms. The highest BCUT2D eigenvalue weighted by atomic mass is 31.2. The van der Waals surface area contributed by atoms with Crippen molar-refractivity contribution in [1.29, 1.82) is 0 Å². The predicted octanol–water partition coefficient (Wildman–Crippen LogP) is 12.2. The van der Waals surface area contributed by atoms with Gasteiger partial charge in [-0.25, -0.2) is 0 Å². The van der Waals surface area contributed by atoms with Gasteiger partial charge in [-0.3, -0.25) is 19.3 Å². The molecule has 3 heterocycles. The number of alkyl halides is 6. The summed E-state index contributed by atoms with van der Waals surface area (Å²) < 4.78 is 106. The molecule has 0 N–H and O–H groups in total. The topological polar surface area (TPSA) is 87.6 Å². The van der Waals surface area contributed by atoms with Crippen LogP contribution in [-0.4, -0.2) is 35.3 Å². The van der Waals surface area contributed by atoms with Crippen molar-refractivity contribution in [3.63, 3.8) is 0 Å². The quantitative estimate of drug-likeness (QED) is 0.0846. The number of pyridine rings is 2. The van der Waals surface area contributed by atoms with Crippen LogP contribution in [0.1, 0.15) is 70.0 Å². The summed E-state index contributed by atoms with van der Waals surface area (Å²) in [6.45, 7) is 10.3. The summed E-state index contributed by atoms with van der Waals surface area (Å²) in [6.07, 6.45) is 0.224. The third kappa shape index (κ3) is 11.0. The van der Waals surface area contributed by atoms with E-state index in [-0.39, 0.29) is 49.2 Å². The van der Waals surface area contributed by atoms with E-state index in [1.54, 1.807) is 50.4 Å². The first-order valence-electron chi connectivity index (χ1n) is 19.0. The van der Waals surface area contributed by atoms with E-state index >= 15 is 0 Å². The lowest BCUT2D eigenvalue weighted by atomic mass is 9.61. The van der Waals surface area contributed by atoms with Crippen molar-refractivity contribution in [1.82, 2.24) is 9.97 Å². The maximum atomic E-state index is 13.0. The average molecular weight is 817 g/mol. The third-order valence-electron chi connectivity index (χ3n) is 10.5. The van der Waals surface area contributed by atoms with Crippen molar-refractivity contribution in [3.8, 4) is 22.3 Å². The van der Waals surface area contributed by atoms with E-state index in [0.29, 0.717) is 39.8 Å². The molecule has 1 aliphatic heterocycles. The summed E-state index contributed by atoms with van der Waals surface area (Å²) in [6, 6.07) is 17.1. The Bertz CT molecular complexity index is 2030. The minimum atomic E-state index is -4.40. The first-order chi connectivity index (χ1) is 27.0. The molecule has 1 saturated carbocycles. The summed E-state index contributed by atoms with van der Waals surface area (Å²) in [5.74, 6) is 1.17. The van der Waals surface area contributed by atoms with Gasteiger partial charge in [-0.05, 0) is 98.5 Å². The lowest BCUT2D eigenvalue weighted by Crippen LogP contribution is -2.40. The van der Waals surface area contributed by atoms with E-state index in [1.165, 1.54) is 18.3 Å². The summed E-state index contributed by atoms with van der Waals surface area (Å²) in [5.41, 5.74) is 1.90. The molecule has 6 atom stereocenters. The highest BCUT2D eigenvalue weighted by Gasteiger charge is 2.52. The Morgan fingerprint density at radius 3 is 1.82 bits per heavy atom. The number of benzene rings is 2. The van der Waals surface area contributed by atoms with Gasteiger partial charge >= 0.3 is 25.9 Å². The van der Waals surface area contributed by atoms with Crippen molar-refractivity contribution in [3.05, 3.63) is 114 Å². The minimum Gasteiger partial charge on any atom is -0.462 e. The van der Waals surface area contributed by atoms with Gasteiger partial charge in [0.15, 0.2) is 0 Å². The normalized spacial score (nSPS) is 22.5. The zero-order valence-corrected chi connectivity index (χ0v) is 33.3. The maximum absolute atomic E-state index is 13.0. The largest absolute Gasteiger partial charge is 0.462 e. The van der Waals surface area contributed by atoms with Crippen LogP contribution in [0.4, 0.5) is 26.3 Å². The molecule has 1 aliphatic carbocycles. The fraction of sp³-hybridized carbons (Fsp3) is 0.419. The van der Waals surface area contributed by atoms with Crippen LogP contribution < -0.4 is 0 Å². The molecule has 1 saturated heterocycles. The number of hydrogen-bond donors (Lipinski definition) is 0. The Balaban J connectivity index is 0.000000225. The molecular weight excluding hydrogens is 769 g/mol. The van der Waals surface area contributed by atoms with Gasteiger partial charge in [0.2, 0.25) is 0 Å². The summed E-state index contributed by atoms with van der Waals surface area (Å²) in [4.78, 5) is 20.9. The van der Waals surface area contributed by atoms with Gasteiger partial charge in [-0.1, -0.05) is 62.7 Å². The van der Waals surface area contributed by atoms with Gasteiger partial charge < -0.3 is 13.8 Å². The van der Waals surface area contributed by atoms with Gasteiger partial charge in [0, 0.05) is 29.4 Å². The molecule has 57 heavy (non-hydrogen) atoms. The molecule has 306 valence electrons. The summed E-state index contributed by atoms with van der Waals surface area (Å²) in [5, 5.41) is 0. The number of rotatable bonds is 11. The molecular formula is C43H47F6N2O5P. The van der Waals surface area contributed by atoms with E-state index in [1.807, 2.05) is 19.1 Å². The van der Waals surface area contributed by atoms with Crippen molar-refractivity contribution in [2.75, 3.05) is 13.2 Å². The predicted molar refractivity (Wildman–Crippen MR) is 207 cm³/mol. The smallest absolute Gasteiger partial charge is 0.416 e. The number of cyclic esters (lactones) is 1. The molecule has 6 rings (SSSR count). The average Bonchev–Trinajstić information content (AvgIpc) is 3.45. The first kappa shape index (κ1) is 43.8. The van der Waals surface area contributed by atoms with E-state index in [0.717, 1.165) is 42.8 Å². The molecule has 0 amide bonds. The molecule has 0 spiro atoms. The van der Waals surface area contributed by atoms with E-state index in [4.69, 9.17) is 13.8 Å². The highest BCUT2D eigenvalue weighted by Crippen LogP contribution is 2.51. The standard InChI is InChI=1S/C26H28F3NO2.C17H19F3NO3P/c1-4-21-15(2)12-23-24(16(3)32-25(23)31)22(21)11-10-20-9-8-18(14-30-20)17-6-5-7-19(13-17)26(27,28)29;1-3-23-25(22,24-4-2)12-16-9-8-14(11-21-16)13-6-5-7-15(10-13)17(18,19)20/h5-11,13-16,21-24H,4,12H2,1-3H3;5-11H,3-4,12H2,1-2H3/b11-10+;/t15-,16+,21+,22-,23+,24-;/m0./s1. The van der Waals surface area contributed by atoms with E-state index in [9.17, 15) is 35.7 Å².